The van der Waals surface area contributed by atoms with Crippen LogP contribution in [0.5, 0.6) is 0 Å². The summed E-state index contributed by atoms with van der Waals surface area (Å²) < 4.78 is 0. The van der Waals surface area contributed by atoms with E-state index in [0.717, 1.165) is 91.2 Å². The lowest BCUT2D eigenvalue weighted by Crippen LogP contribution is -2.50. The third-order valence-corrected chi connectivity index (χ3v) is 10.8. The summed E-state index contributed by atoms with van der Waals surface area (Å²) in [7, 11) is 0. The maximum absolute atomic E-state index is 13.6. The van der Waals surface area contributed by atoms with Crippen LogP contribution in [-0.4, -0.2) is 95.9 Å². The molecule has 12 nitrogen and oxygen atoms in total. The minimum absolute atomic E-state index is 0.0347. The molecule has 0 bridgehead atoms. The van der Waals surface area contributed by atoms with Crippen molar-refractivity contribution in [3.05, 3.63) is 72.6 Å². The van der Waals surface area contributed by atoms with Gasteiger partial charge in [0, 0.05) is 13.1 Å². The number of carbonyl (C=O) groups excluding carboxylic acids is 2. The van der Waals surface area contributed by atoms with Gasteiger partial charge in [-0.1, -0.05) is 83.1 Å². The van der Waals surface area contributed by atoms with Crippen molar-refractivity contribution in [2.45, 2.75) is 90.9 Å². The number of carboxylic acid groups (broad SMARTS) is 1. The molecule has 3 amide bonds. The lowest BCUT2D eigenvalue weighted by molar-refractivity contribution is -0.138. The monoisotopic (exact) mass is 708 g/mol. The summed E-state index contributed by atoms with van der Waals surface area (Å²) in [6.45, 7) is 13.0. The van der Waals surface area contributed by atoms with Crippen molar-refractivity contribution < 1.29 is 19.5 Å². The summed E-state index contributed by atoms with van der Waals surface area (Å²) in [6, 6.07) is 15.5. The second-order valence-corrected chi connectivity index (χ2v) is 14.2. The number of nitrogens with zero attached hydrogens (tertiary/aromatic N) is 5. The molecule has 4 atom stereocenters. The summed E-state index contributed by atoms with van der Waals surface area (Å²) in [5, 5.41) is 11.7. The topological polar surface area (TPSA) is 151 Å². The number of carbonyl (C=O) groups is 3. The lowest BCUT2D eigenvalue weighted by atomic mass is 10.0. The predicted octanol–water partition coefficient (Wildman–Crippen LogP) is 6.87. The lowest BCUT2D eigenvalue weighted by Gasteiger charge is -2.33. The van der Waals surface area contributed by atoms with Crippen LogP contribution in [0.1, 0.15) is 90.5 Å². The van der Waals surface area contributed by atoms with Crippen LogP contribution >= 0.6 is 0 Å². The standard InChI is InChI=1S/C40H52N8O4/c1-6-32(46(7-2)8-3)38(49)47-21-9-11-33(47)36-41-23-30(43-36)28-17-13-26(14-18-28)27-15-19-29(20-16-27)31-24-42-37(44-31)34-12-10-22-48(34)39(50)35(25(4)5)45-40(51)52/h13-20,23-25,32-35,45H,6-12,21-22H2,1-5H3,(H,41,43)(H,42,44)(H,51,52)/t32-,33+,34+,35+/m1/s1. The minimum Gasteiger partial charge on any atom is -0.465 e. The second-order valence-electron chi connectivity index (χ2n) is 14.2. The quantitative estimate of drug-likeness (QED) is 0.118. The second kappa shape index (κ2) is 16.1. The molecule has 12 heteroatoms. The molecule has 4 heterocycles. The minimum atomic E-state index is -1.20. The van der Waals surface area contributed by atoms with Gasteiger partial charge in [-0.15, -0.1) is 0 Å². The fourth-order valence-corrected chi connectivity index (χ4v) is 7.89. The van der Waals surface area contributed by atoms with Gasteiger partial charge in [0.25, 0.3) is 0 Å². The van der Waals surface area contributed by atoms with Gasteiger partial charge in [0.1, 0.15) is 17.7 Å². The molecule has 2 saturated heterocycles. The number of aromatic nitrogens is 4. The van der Waals surface area contributed by atoms with Crippen LogP contribution in [-0.2, 0) is 9.59 Å². The highest BCUT2D eigenvalue weighted by Gasteiger charge is 2.38. The zero-order valence-electron chi connectivity index (χ0n) is 30.9. The number of rotatable bonds is 13. The van der Waals surface area contributed by atoms with Gasteiger partial charge in [0.2, 0.25) is 11.8 Å². The number of nitrogens with one attached hydrogen (secondary N) is 3. The van der Waals surface area contributed by atoms with E-state index in [1.54, 1.807) is 11.1 Å². The number of hydrogen-bond acceptors (Lipinski definition) is 6. The van der Waals surface area contributed by atoms with Crippen LogP contribution in [0.4, 0.5) is 4.79 Å². The first-order valence-corrected chi connectivity index (χ1v) is 18.8. The molecule has 2 fully saturated rings. The van der Waals surface area contributed by atoms with E-state index < -0.39 is 12.1 Å². The molecule has 0 spiro atoms. The third-order valence-electron chi connectivity index (χ3n) is 10.8. The molecule has 52 heavy (non-hydrogen) atoms. The zero-order valence-corrected chi connectivity index (χ0v) is 30.9. The molecule has 6 rings (SSSR count). The van der Waals surface area contributed by atoms with Crippen molar-refractivity contribution in [3.63, 3.8) is 0 Å². The number of H-pyrrole nitrogens is 2. The molecule has 0 saturated carbocycles. The van der Waals surface area contributed by atoms with E-state index in [-0.39, 0.29) is 35.9 Å². The molecule has 4 aromatic rings. The van der Waals surface area contributed by atoms with Crippen molar-refractivity contribution >= 4 is 17.9 Å². The van der Waals surface area contributed by atoms with E-state index in [9.17, 15) is 19.5 Å². The average Bonchev–Trinajstić information content (AvgIpc) is 3.99. The first-order chi connectivity index (χ1) is 25.1. The van der Waals surface area contributed by atoms with E-state index in [1.807, 2.05) is 24.9 Å². The van der Waals surface area contributed by atoms with E-state index >= 15 is 0 Å². The Hall–Kier alpha value is -4.97. The Morgan fingerprint density at radius 3 is 1.62 bits per heavy atom. The molecule has 4 N–H and O–H groups in total. The van der Waals surface area contributed by atoms with Gasteiger partial charge in [-0.2, -0.15) is 0 Å². The fourth-order valence-electron chi connectivity index (χ4n) is 7.89. The molecule has 2 aromatic heterocycles. The summed E-state index contributed by atoms with van der Waals surface area (Å²) in [5.74, 6) is 1.36. The molecular weight excluding hydrogens is 656 g/mol. The van der Waals surface area contributed by atoms with Crippen LogP contribution in [0.3, 0.4) is 0 Å². The van der Waals surface area contributed by atoms with Crippen molar-refractivity contribution in [2.75, 3.05) is 26.2 Å². The van der Waals surface area contributed by atoms with Crippen LogP contribution in [0.25, 0.3) is 33.6 Å². The van der Waals surface area contributed by atoms with Gasteiger partial charge in [-0.05, 0) is 73.4 Å². The number of aromatic amines is 2. The Morgan fingerprint density at radius 2 is 1.21 bits per heavy atom. The number of benzene rings is 2. The Kier molecular flexibility index (Phi) is 11.4. The van der Waals surface area contributed by atoms with Crippen LogP contribution in [0.15, 0.2) is 60.9 Å². The van der Waals surface area contributed by atoms with Gasteiger partial charge >= 0.3 is 6.09 Å². The Labute approximate surface area is 306 Å². The van der Waals surface area contributed by atoms with Gasteiger partial charge in [-0.25, -0.2) is 14.8 Å². The van der Waals surface area contributed by atoms with Crippen LogP contribution in [0, 0.1) is 5.92 Å². The van der Waals surface area contributed by atoms with Gasteiger partial charge in [-0.3, -0.25) is 14.5 Å². The van der Waals surface area contributed by atoms with Crippen molar-refractivity contribution in [2.24, 2.45) is 5.92 Å². The number of imidazole rings is 2. The normalized spacial score (nSPS) is 18.7. The van der Waals surface area contributed by atoms with E-state index in [2.05, 4.69) is 94.5 Å². The van der Waals surface area contributed by atoms with Gasteiger partial charge in [0.05, 0.1) is 41.9 Å². The van der Waals surface area contributed by atoms with E-state index in [4.69, 9.17) is 4.98 Å². The summed E-state index contributed by atoms with van der Waals surface area (Å²) in [4.78, 5) is 60.7. The molecule has 0 radical (unpaired) electrons. The summed E-state index contributed by atoms with van der Waals surface area (Å²) in [6.07, 6.45) is 6.74. The molecule has 0 unspecified atom stereocenters. The highest BCUT2D eigenvalue weighted by atomic mass is 16.4. The van der Waals surface area contributed by atoms with Gasteiger partial charge in [0.15, 0.2) is 0 Å². The fraction of sp³-hybridized carbons (Fsp3) is 0.475. The number of amides is 3. The first kappa shape index (κ1) is 36.8. The largest absolute Gasteiger partial charge is 0.465 e. The van der Waals surface area contributed by atoms with Crippen molar-refractivity contribution in [3.8, 4) is 33.6 Å². The summed E-state index contributed by atoms with van der Waals surface area (Å²) >= 11 is 0. The first-order valence-electron chi connectivity index (χ1n) is 18.8. The molecule has 2 aliphatic rings. The third kappa shape index (κ3) is 7.62. The number of likely N-dealkylation sites (N-methyl/N-ethyl adjacent to an activating group) is 1. The molecule has 276 valence electrons. The maximum Gasteiger partial charge on any atom is 0.405 e. The van der Waals surface area contributed by atoms with Gasteiger partial charge < -0.3 is 30.2 Å². The van der Waals surface area contributed by atoms with Crippen LogP contribution in [0.2, 0.25) is 0 Å². The SMILES string of the molecule is CC[C@H](C(=O)N1CCC[C@H]1c1ncc(-c2ccc(-c3ccc(-c4cnc([C@@H]5CCCN5C(=O)[C@@H](NC(=O)O)C(C)C)[nH]4)cc3)cc2)[nH]1)N(CC)CC. The van der Waals surface area contributed by atoms with E-state index in [1.165, 1.54) is 0 Å². The van der Waals surface area contributed by atoms with E-state index in [0.29, 0.717) is 12.4 Å². The summed E-state index contributed by atoms with van der Waals surface area (Å²) in [5.41, 5.74) is 5.97. The predicted molar refractivity (Wildman–Crippen MR) is 201 cm³/mol. The Bertz CT molecular complexity index is 1830. The van der Waals surface area contributed by atoms with Crippen molar-refractivity contribution in [1.82, 2.24) is 40.0 Å². The van der Waals surface area contributed by atoms with Crippen LogP contribution < -0.4 is 5.32 Å². The highest BCUT2D eigenvalue weighted by Crippen LogP contribution is 2.35. The molecule has 2 aliphatic heterocycles. The maximum atomic E-state index is 13.6. The molecule has 0 aliphatic carbocycles. The number of hydrogen-bond donors (Lipinski definition) is 4. The highest BCUT2D eigenvalue weighted by molar-refractivity contribution is 5.86. The molecule has 2 aromatic carbocycles. The van der Waals surface area contributed by atoms with Crippen molar-refractivity contribution in [1.29, 1.82) is 0 Å². The Balaban J connectivity index is 1.11. The number of likely N-dealkylation sites (tertiary alicyclic amines) is 2. The smallest absolute Gasteiger partial charge is 0.405 e. The molecular formula is C40H52N8O4. The zero-order chi connectivity index (χ0) is 36.9. The Morgan fingerprint density at radius 1 is 0.769 bits per heavy atom. The average molecular weight is 709 g/mol.